The average Bonchev–Trinajstić information content (AvgIpc) is 2.65. The number of halogens is 2. The molecule has 0 aliphatic heterocycles. The first-order chi connectivity index (χ1) is 13.2. The first-order valence-electron chi connectivity index (χ1n) is 8.18. The lowest BCUT2D eigenvalue weighted by molar-refractivity contribution is -0.112. The van der Waals surface area contributed by atoms with Gasteiger partial charge in [0.05, 0.1) is 7.11 Å². The highest BCUT2D eigenvalue weighted by atomic mass is 19.3. The molecule has 1 aromatic heterocycles. The molecule has 28 heavy (non-hydrogen) atoms. The number of nitrogens with two attached hydrogens (primary N) is 2. The van der Waals surface area contributed by atoms with Crippen LogP contribution in [0.5, 0.6) is 0 Å². The second-order valence-electron chi connectivity index (χ2n) is 5.58. The van der Waals surface area contributed by atoms with Gasteiger partial charge in [-0.2, -0.15) is 0 Å². The number of aromatic nitrogens is 1. The van der Waals surface area contributed by atoms with Crippen molar-refractivity contribution in [1.29, 1.82) is 5.41 Å². The van der Waals surface area contributed by atoms with Gasteiger partial charge in [-0.25, -0.2) is 18.8 Å². The van der Waals surface area contributed by atoms with E-state index in [0.29, 0.717) is 12.1 Å². The zero-order valence-corrected chi connectivity index (χ0v) is 15.6. The third-order valence-corrected chi connectivity index (χ3v) is 3.53. The molecule has 0 atom stereocenters. The fourth-order valence-electron chi connectivity index (χ4n) is 1.88. The van der Waals surface area contributed by atoms with E-state index in [1.807, 2.05) is 0 Å². The lowest BCUT2D eigenvalue weighted by Gasteiger charge is -2.23. The number of nitrogens with one attached hydrogen (secondary N) is 2. The van der Waals surface area contributed by atoms with Crippen LogP contribution in [0, 0.1) is 5.41 Å². The second kappa shape index (κ2) is 10.7. The molecule has 0 unspecified atom stereocenters. The molecule has 11 heteroatoms. The molecule has 1 heterocycles. The van der Waals surface area contributed by atoms with Crippen molar-refractivity contribution in [2.45, 2.75) is 25.2 Å². The minimum Gasteiger partial charge on any atom is -0.482 e. The minimum atomic E-state index is -2.28. The van der Waals surface area contributed by atoms with Crippen molar-refractivity contribution >= 4 is 30.1 Å². The van der Waals surface area contributed by atoms with E-state index in [4.69, 9.17) is 21.6 Å². The summed E-state index contributed by atoms with van der Waals surface area (Å²) in [7, 11) is 2.85. The van der Waals surface area contributed by atoms with Crippen LogP contribution >= 0.6 is 0 Å². The zero-order chi connectivity index (χ0) is 21.2. The van der Waals surface area contributed by atoms with Gasteiger partial charge in [0.15, 0.2) is 11.7 Å². The van der Waals surface area contributed by atoms with Gasteiger partial charge in [-0.1, -0.05) is 6.07 Å². The number of rotatable bonds is 6. The molecule has 1 saturated carbocycles. The quantitative estimate of drug-likeness (QED) is 0.250. The van der Waals surface area contributed by atoms with Crippen LogP contribution in [0.3, 0.4) is 0 Å². The molecule has 0 spiro atoms. The largest absolute Gasteiger partial charge is 0.482 e. The Morgan fingerprint density at radius 1 is 1.39 bits per heavy atom. The van der Waals surface area contributed by atoms with Gasteiger partial charge in [0.2, 0.25) is 5.92 Å². The fourth-order valence-corrected chi connectivity index (χ4v) is 1.88. The van der Waals surface area contributed by atoms with Crippen molar-refractivity contribution in [2.24, 2.45) is 21.5 Å². The Balaban J connectivity index is 0.000000552. The fraction of sp³-hybridized carbons (Fsp3) is 0.353. The van der Waals surface area contributed by atoms with Crippen LogP contribution < -0.4 is 16.8 Å². The lowest BCUT2D eigenvalue weighted by atomic mass is 9.95. The van der Waals surface area contributed by atoms with Crippen LogP contribution in [0.1, 0.15) is 25.0 Å². The van der Waals surface area contributed by atoms with Crippen LogP contribution in [-0.2, 0) is 9.53 Å². The van der Waals surface area contributed by atoms with Crippen molar-refractivity contribution in [3.05, 3.63) is 35.3 Å². The van der Waals surface area contributed by atoms with Gasteiger partial charge in [-0.3, -0.25) is 15.2 Å². The third kappa shape index (κ3) is 7.09. The SMILES string of the molecule is CN=C/C(C(=O)Nc1cccc(C(N)=NC=N)n1)=C(\N)OC.FC1(F)CCC1. The van der Waals surface area contributed by atoms with Gasteiger partial charge < -0.3 is 21.5 Å². The van der Waals surface area contributed by atoms with Crippen LogP contribution in [0.15, 0.2) is 39.6 Å². The number of ether oxygens (including phenoxy) is 1. The molecule has 6 N–H and O–H groups in total. The molecule has 1 aromatic rings. The predicted molar refractivity (Wildman–Crippen MR) is 104 cm³/mol. The van der Waals surface area contributed by atoms with E-state index in [-0.39, 0.29) is 36.0 Å². The van der Waals surface area contributed by atoms with E-state index < -0.39 is 11.8 Å². The molecule has 0 aromatic carbocycles. The molecule has 0 saturated heterocycles. The third-order valence-electron chi connectivity index (χ3n) is 3.53. The smallest absolute Gasteiger partial charge is 0.263 e. The number of aliphatic imine (C=N–C) groups is 2. The van der Waals surface area contributed by atoms with Gasteiger partial charge in [-0.05, 0) is 18.6 Å². The van der Waals surface area contributed by atoms with Crippen LogP contribution in [0.4, 0.5) is 14.6 Å². The lowest BCUT2D eigenvalue weighted by Crippen LogP contribution is -2.24. The van der Waals surface area contributed by atoms with Gasteiger partial charge in [0, 0.05) is 26.1 Å². The molecular formula is C17H23F2N7O2. The van der Waals surface area contributed by atoms with Crippen LogP contribution in [0.25, 0.3) is 0 Å². The number of anilines is 1. The van der Waals surface area contributed by atoms with Crippen molar-refractivity contribution in [3.63, 3.8) is 0 Å². The maximum absolute atomic E-state index is 12.2. The Labute approximate surface area is 161 Å². The van der Waals surface area contributed by atoms with E-state index >= 15 is 0 Å². The van der Waals surface area contributed by atoms with Gasteiger partial charge in [-0.15, -0.1) is 0 Å². The summed E-state index contributed by atoms with van der Waals surface area (Å²) in [4.78, 5) is 23.6. The van der Waals surface area contributed by atoms with Gasteiger partial charge in [0.25, 0.3) is 5.91 Å². The molecule has 2 rings (SSSR count). The molecule has 9 nitrogen and oxygen atoms in total. The summed E-state index contributed by atoms with van der Waals surface area (Å²) in [5, 5.41) is 9.43. The molecule has 0 radical (unpaired) electrons. The average molecular weight is 395 g/mol. The summed E-state index contributed by atoms with van der Waals surface area (Å²) in [5.41, 5.74) is 11.6. The van der Waals surface area contributed by atoms with E-state index in [1.54, 1.807) is 18.2 Å². The summed E-state index contributed by atoms with van der Waals surface area (Å²) in [5.74, 6) is -2.56. The highest BCUT2D eigenvalue weighted by Crippen LogP contribution is 2.36. The zero-order valence-electron chi connectivity index (χ0n) is 15.6. The Kier molecular flexibility index (Phi) is 8.66. The topological polar surface area (TPSA) is 152 Å². The van der Waals surface area contributed by atoms with Gasteiger partial charge in [0.1, 0.15) is 23.4 Å². The van der Waals surface area contributed by atoms with Crippen molar-refractivity contribution < 1.29 is 18.3 Å². The number of carbonyl (C=O) groups is 1. The molecule has 1 aliphatic rings. The Hall–Kier alpha value is -3.37. The minimum absolute atomic E-state index is 0.0633. The number of hydrogen-bond donors (Lipinski definition) is 4. The molecule has 1 amide bonds. The standard InChI is InChI=1S/C13H17N7O2.C4H6F2/c1-17-6-8(12(16)22-2)13(21)20-10-5-3-4-9(19-10)11(15)18-7-14;5-4(6)2-1-3-4/h3-7H,16H2,1-2H3,(H3,14,15,18)(H,19,20,21);1-3H2/b12-8-,17-6?;. The predicted octanol–water partition coefficient (Wildman–Crippen LogP) is 1.66. The Morgan fingerprint density at radius 2 is 2.04 bits per heavy atom. The van der Waals surface area contributed by atoms with Crippen LogP contribution in [-0.4, -0.2) is 49.4 Å². The summed E-state index contributed by atoms with van der Waals surface area (Å²) in [6.07, 6.45) is 3.04. The number of alkyl halides is 2. The first kappa shape index (κ1) is 22.7. The highest BCUT2D eigenvalue weighted by Gasteiger charge is 2.36. The Morgan fingerprint density at radius 3 is 2.50 bits per heavy atom. The van der Waals surface area contributed by atoms with E-state index in [9.17, 15) is 13.6 Å². The number of amides is 1. The number of methoxy groups -OCH3 is 1. The summed E-state index contributed by atoms with van der Waals surface area (Å²) >= 11 is 0. The number of amidine groups is 1. The van der Waals surface area contributed by atoms with Crippen LogP contribution in [0.2, 0.25) is 0 Å². The number of pyridine rings is 1. The molecule has 1 fully saturated rings. The normalized spacial score (nSPS) is 16.2. The number of hydrogen-bond acceptors (Lipinski definition) is 6. The Bertz CT molecular complexity index is 785. The van der Waals surface area contributed by atoms with E-state index in [0.717, 1.165) is 6.34 Å². The molecule has 0 bridgehead atoms. The van der Waals surface area contributed by atoms with E-state index in [1.165, 1.54) is 20.4 Å². The molecular weight excluding hydrogens is 372 g/mol. The first-order valence-corrected chi connectivity index (χ1v) is 8.18. The maximum atomic E-state index is 12.2. The summed E-state index contributed by atoms with van der Waals surface area (Å²) in [6.45, 7) is 0. The molecule has 1 aliphatic carbocycles. The monoisotopic (exact) mass is 395 g/mol. The van der Waals surface area contributed by atoms with Crippen molar-refractivity contribution in [1.82, 2.24) is 4.98 Å². The number of carbonyl (C=O) groups excluding carboxylic acids is 1. The highest BCUT2D eigenvalue weighted by molar-refractivity contribution is 6.17. The second-order valence-corrected chi connectivity index (χ2v) is 5.58. The van der Waals surface area contributed by atoms with Gasteiger partial charge >= 0.3 is 0 Å². The van der Waals surface area contributed by atoms with E-state index in [2.05, 4.69) is 20.3 Å². The van der Waals surface area contributed by atoms with Crippen molar-refractivity contribution in [3.8, 4) is 0 Å². The summed E-state index contributed by atoms with van der Waals surface area (Å²) in [6, 6.07) is 4.82. The van der Waals surface area contributed by atoms with Crippen molar-refractivity contribution in [2.75, 3.05) is 19.5 Å². The molecule has 152 valence electrons. The maximum Gasteiger partial charge on any atom is 0.263 e. The summed E-state index contributed by atoms with van der Waals surface area (Å²) < 4.78 is 27.9. The number of nitrogens with zero attached hydrogens (tertiary/aromatic N) is 3.